The van der Waals surface area contributed by atoms with Crippen molar-refractivity contribution < 1.29 is 9.18 Å². The van der Waals surface area contributed by atoms with Crippen LogP contribution in [0, 0.1) is 17.7 Å². The number of Topliss-reactive ketones (excluding diaryl/α,β-unsaturated/α-hetero) is 1. The molecule has 0 saturated carbocycles. The molecule has 0 heterocycles. The van der Waals surface area contributed by atoms with Crippen molar-refractivity contribution in [3.63, 3.8) is 0 Å². The Bertz CT molecular complexity index is 420. The lowest BCUT2D eigenvalue weighted by atomic mass is 9.90. The molecule has 18 heavy (non-hydrogen) atoms. The highest BCUT2D eigenvalue weighted by Crippen LogP contribution is 2.20. The lowest BCUT2D eigenvalue weighted by Crippen LogP contribution is -2.26. The van der Waals surface area contributed by atoms with Gasteiger partial charge < -0.3 is 5.73 Å². The number of benzene rings is 1. The number of carbonyl (C=O) groups excluding carboxylic acids is 1. The van der Waals surface area contributed by atoms with Crippen molar-refractivity contribution >= 4 is 17.4 Å². The van der Waals surface area contributed by atoms with E-state index in [1.54, 1.807) is 0 Å². The number of hydrogen-bond donors (Lipinski definition) is 1. The second-order valence-corrected chi connectivity index (χ2v) is 5.35. The maximum Gasteiger partial charge on any atom is 0.141 e. The minimum atomic E-state index is -0.379. The molecule has 0 aliphatic heterocycles. The predicted molar refractivity (Wildman–Crippen MR) is 72.1 cm³/mol. The third-order valence-corrected chi connectivity index (χ3v) is 3.24. The van der Waals surface area contributed by atoms with Crippen LogP contribution < -0.4 is 5.73 Å². The van der Waals surface area contributed by atoms with Gasteiger partial charge in [-0.3, -0.25) is 4.79 Å². The first-order chi connectivity index (χ1) is 8.43. The molecule has 1 aromatic rings. The Morgan fingerprint density at radius 3 is 2.67 bits per heavy atom. The number of halogens is 2. The quantitative estimate of drug-likeness (QED) is 0.863. The lowest BCUT2D eigenvalue weighted by Gasteiger charge is -2.16. The molecule has 0 fully saturated rings. The van der Waals surface area contributed by atoms with Gasteiger partial charge in [0, 0.05) is 23.9 Å². The normalized spacial score (nSPS) is 12.8. The largest absolute Gasteiger partial charge is 0.330 e. The molecule has 0 spiro atoms. The summed E-state index contributed by atoms with van der Waals surface area (Å²) in [5.74, 6) is -0.121. The Hall–Kier alpha value is -0.930. The number of rotatable bonds is 6. The molecule has 1 atom stereocenters. The summed E-state index contributed by atoms with van der Waals surface area (Å²) in [5, 5.41) is 0.421. The Labute approximate surface area is 112 Å². The van der Waals surface area contributed by atoms with Crippen LogP contribution in [0.2, 0.25) is 5.02 Å². The summed E-state index contributed by atoms with van der Waals surface area (Å²) in [6.07, 6.45) is 0.896. The molecule has 0 bridgehead atoms. The third kappa shape index (κ3) is 4.39. The van der Waals surface area contributed by atoms with Crippen LogP contribution in [0.1, 0.15) is 25.8 Å². The van der Waals surface area contributed by atoms with Gasteiger partial charge in [-0.25, -0.2) is 4.39 Å². The monoisotopic (exact) mass is 271 g/mol. The zero-order chi connectivity index (χ0) is 13.7. The molecule has 2 nitrogen and oxygen atoms in total. The van der Waals surface area contributed by atoms with Crippen LogP contribution in [0.15, 0.2) is 18.2 Å². The molecule has 0 aliphatic rings. The highest BCUT2D eigenvalue weighted by molar-refractivity contribution is 6.31. The topological polar surface area (TPSA) is 43.1 Å². The first-order valence-corrected chi connectivity index (χ1v) is 6.48. The van der Waals surface area contributed by atoms with Crippen LogP contribution in [-0.4, -0.2) is 12.3 Å². The number of nitrogens with two attached hydrogens (primary N) is 1. The number of carbonyl (C=O) groups is 1. The SMILES string of the molecule is CC(C)CC(CN)C(=O)Cc1cc(F)ccc1Cl. The molecule has 0 radical (unpaired) electrons. The highest BCUT2D eigenvalue weighted by Gasteiger charge is 2.19. The zero-order valence-corrected chi connectivity index (χ0v) is 11.5. The first kappa shape index (κ1) is 15.1. The summed E-state index contributed by atoms with van der Waals surface area (Å²) in [7, 11) is 0. The van der Waals surface area contributed by atoms with Gasteiger partial charge >= 0.3 is 0 Å². The van der Waals surface area contributed by atoms with Crippen molar-refractivity contribution in [2.24, 2.45) is 17.6 Å². The van der Waals surface area contributed by atoms with Gasteiger partial charge in [0.15, 0.2) is 0 Å². The van der Waals surface area contributed by atoms with Crippen LogP contribution in [0.3, 0.4) is 0 Å². The highest BCUT2D eigenvalue weighted by atomic mass is 35.5. The molecule has 4 heteroatoms. The Balaban J connectivity index is 2.76. The molecule has 0 amide bonds. The molecular formula is C14H19ClFNO. The van der Waals surface area contributed by atoms with Crippen LogP contribution in [-0.2, 0) is 11.2 Å². The van der Waals surface area contributed by atoms with Crippen molar-refractivity contribution in [3.8, 4) is 0 Å². The molecule has 0 aliphatic carbocycles. The third-order valence-electron chi connectivity index (χ3n) is 2.87. The summed E-state index contributed by atoms with van der Waals surface area (Å²) in [5.41, 5.74) is 6.15. The van der Waals surface area contributed by atoms with Crippen molar-refractivity contribution in [3.05, 3.63) is 34.6 Å². The first-order valence-electron chi connectivity index (χ1n) is 6.10. The fraction of sp³-hybridized carbons (Fsp3) is 0.500. The van der Waals surface area contributed by atoms with Gasteiger partial charge in [-0.15, -0.1) is 0 Å². The molecule has 0 saturated heterocycles. The van der Waals surface area contributed by atoms with E-state index in [0.29, 0.717) is 23.0 Å². The lowest BCUT2D eigenvalue weighted by molar-refractivity contribution is -0.122. The maximum atomic E-state index is 13.1. The van der Waals surface area contributed by atoms with Crippen LogP contribution in [0.5, 0.6) is 0 Å². The standard InChI is InChI=1S/C14H19ClFNO/c1-9(2)5-11(8-17)14(18)7-10-6-12(16)3-4-13(10)15/h3-4,6,9,11H,5,7-8,17H2,1-2H3. The number of hydrogen-bond acceptors (Lipinski definition) is 2. The Morgan fingerprint density at radius 2 is 2.11 bits per heavy atom. The smallest absolute Gasteiger partial charge is 0.141 e. The van der Waals surface area contributed by atoms with E-state index < -0.39 is 0 Å². The van der Waals surface area contributed by atoms with E-state index in [1.165, 1.54) is 18.2 Å². The van der Waals surface area contributed by atoms with Crippen LogP contribution >= 0.6 is 11.6 Å². The van der Waals surface area contributed by atoms with E-state index in [2.05, 4.69) is 0 Å². The van der Waals surface area contributed by atoms with E-state index >= 15 is 0 Å². The molecule has 1 unspecified atom stereocenters. The van der Waals surface area contributed by atoms with Gasteiger partial charge in [0.1, 0.15) is 11.6 Å². The van der Waals surface area contributed by atoms with Gasteiger partial charge in [-0.2, -0.15) is 0 Å². The maximum absolute atomic E-state index is 13.1. The average Bonchev–Trinajstić information content (AvgIpc) is 2.30. The summed E-state index contributed by atoms with van der Waals surface area (Å²) in [6.45, 7) is 4.42. The summed E-state index contributed by atoms with van der Waals surface area (Å²) >= 11 is 5.94. The Morgan fingerprint density at radius 1 is 1.44 bits per heavy atom. The molecule has 1 aromatic carbocycles. The second-order valence-electron chi connectivity index (χ2n) is 4.94. The van der Waals surface area contributed by atoms with Gasteiger partial charge in [-0.1, -0.05) is 25.4 Å². The Kier molecular flexibility index (Phi) is 5.76. The summed E-state index contributed by atoms with van der Waals surface area (Å²) in [4.78, 5) is 12.1. The van der Waals surface area contributed by atoms with E-state index in [4.69, 9.17) is 17.3 Å². The fourth-order valence-corrected chi connectivity index (χ4v) is 2.12. The summed E-state index contributed by atoms with van der Waals surface area (Å²) in [6, 6.07) is 4.06. The van der Waals surface area contributed by atoms with Crippen LogP contribution in [0.4, 0.5) is 4.39 Å². The van der Waals surface area contributed by atoms with E-state index in [0.717, 1.165) is 6.42 Å². The second kappa shape index (κ2) is 6.86. The molecule has 1 rings (SSSR count). The minimum absolute atomic E-state index is 0.0266. The van der Waals surface area contributed by atoms with Gasteiger partial charge in [-0.05, 0) is 36.1 Å². The van der Waals surface area contributed by atoms with Gasteiger partial charge in [0.25, 0.3) is 0 Å². The van der Waals surface area contributed by atoms with Gasteiger partial charge in [0.05, 0.1) is 0 Å². The van der Waals surface area contributed by atoms with Crippen molar-refractivity contribution in [2.75, 3.05) is 6.54 Å². The average molecular weight is 272 g/mol. The zero-order valence-electron chi connectivity index (χ0n) is 10.7. The molecule has 0 aromatic heterocycles. The predicted octanol–water partition coefficient (Wildman–Crippen LogP) is 3.21. The van der Waals surface area contributed by atoms with E-state index in [9.17, 15) is 9.18 Å². The van der Waals surface area contributed by atoms with Crippen molar-refractivity contribution in [1.29, 1.82) is 0 Å². The van der Waals surface area contributed by atoms with Crippen LogP contribution in [0.25, 0.3) is 0 Å². The van der Waals surface area contributed by atoms with Crippen molar-refractivity contribution in [1.82, 2.24) is 0 Å². The van der Waals surface area contributed by atoms with E-state index in [-0.39, 0.29) is 23.9 Å². The molecule has 100 valence electrons. The number of ketones is 1. The summed E-state index contributed by atoms with van der Waals surface area (Å²) < 4.78 is 13.1. The van der Waals surface area contributed by atoms with Gasteiger partial charge in [0.2, 0.25) is 0 Å². The molecular weight excluding hydrogens is 253 g/mol. The minimum Gasteiger partial charge on any atom is -0.330 e. The molecule has 2 N–H and O–H groups in total. The fourth-order valence-electron chi connectivity index (χ4n) is 1.94. The van der Waals surface area contributed by atoms with Crippen molar-refractivity contribution in [2.45, 2.75) is 26.7 Å². The van der Waals surface area contributed by atoms with E-state index in [1.807, 2.05) is 13.8 Å².